The summed E-state index contributed by atoms with van der Waals surface area (Å²) in [6, 6.07) is 7.69. The van der Waals surface area contributed by atoms with Crippen LogP contribution in [0.5, 0.6) is 0 Å². The molecule has 6 nitrogen and oxygen atoms in total. The van der Waals surface area contributed by atoms with Gasteiger partial charge >= 0.3 is 0 Å². The first-order valence-electron chi connectivity index (χ1n) is 5.50. The largest absolute Gasteiger partial charge is 0.399 e. The lowest BCUT2D eigenvalue weighted by Crippen LogP contribution is -2.02. The van der Waals surface area contributed by atoms with Crippen LogP contribution in [0, 0.1) is 0 Å². The highest BCUT2D eigenvalue weighted by Crippen LogP contribution is 2.20. The van der Waals surface area contributed by atoms with Gasteiger partial charge < -0.3 is 5.73 Å². The SMILES string of the molecule is Cn1nncc1-n1cc(-c2ccc(N)cc2)cn1. The zero-order valence-corrected chi connectivity index (χ0v) is 9.85. The highest BCUT2D eigenvalue weighted by molar-refractivity contribution is 5.64. The summed E-state index contributed by atoms with van der Waals surface area (Å²) in [6.07, 6.45) is 5.41. The zero-order chi connectivity index (χ0) is 12.5. The van der Waals surface area contributed by atoms with Crippen molar-refractivity contribution >= 4 is 5.69 Å². The molecule has 0 aliphatic heterocycles. The molecule has 1 aromatic carbocycles. The smallest absolute Gasteiger partial charge is 0.171 e. The molecular formula is C12H12N6. The maximum Gasteiger partial charge on any atom is 0.171 e. The van der Waals surface area contributed by atoms with Crippen LogP contribution in [0.2, 0.25) is 0 Å². The van der Waals surface area contributed by atoms with Gasteiger partial charge in [0, 0.05) is 24.5 Å². The first-order valence-corrected chi connectivity index (χ1v) is 5.50. The fraction of sp³-hybridized carbons (Fsp3) is 0.0833. The summed E-state index contributed by atoms with van der Waals surface area (Å²) in [5.41, 5.74) is 8.52. The molecule has 90 valence electrons. The van der Waals surface area contributed by atoms with Crippen LogP contribution in [0.25, 0.3) is 16.9 Å². The Bertz CT molecular complexity index is 664. The molecule has 0 bridgehead atoms. The molecule has 3 rings (SSSR count). The number of nitrogens with two attached hydrogens (primary N) is 1. The van der Waals surface area contributed by atoms with E-state index in [0.717, 1.165) is 22.6 Å². The second-order valence-electron chi connectivity index (χ2n) is 4.01. The Labute approximate surface area is 104 Å². The third kappa shape index (κ3) is 1.73. The lowest BCUT2D eigenvalue weighted by atomic mass is 10.1. The van der Waals surface area contributed by atoms with Crippen molar-refractivity contribution in [3.8, 4) is 16.9 Å². The van der Waals surface area contributed by atoms with Gasteiger partial charge in [-0.25, -0.2) is 9.36 Å². The number of aromatic nitrogens is 5. The average Bonchev–Trinajstić information content (AvgIpc) is 2.98. The molecule has 0 radical (unpaired) electrons. The van der Waals surface area contributed by atoms with E-state index >= 15 is 0 Å². The van der Waals surface area contributed by atoms with Gasteiger partial charge in [-0.3, -0.25) is 0 Å². The van der Waals surface area contributed by atoms with Crippen molar-refractivity contribution in [2.24, 2.45) is 7.05 Å². The number of anilines is 1. The molecule has 2 heterocycles. The van der Waals surface area contributed by atoms with E-state index in [0.29, 0.717) is 0 Å². The summed E-state index contributed by atoms with van der Waals surface area (Å²) in [5, 5.41) is 12.0. The maximum atomic E-state index is 5.67. The lowest BCUT2D eigenvalue weighted by molar-refractivity contribution is 0.672. The van der Waals surface area contributed by atoms with Gasteiger partial charge in [-0.15, -0.1) is 5.10 Å². The zero-order valence-electron chi connectivity index (χ0n) is 9.85. The number of nitrogen functional groups attached to an aromatic ring is 1. The average molecular weight is 240 g/mol. The minimum absolute atomic E-state index is 0.752. The monoisotopic (exact) mass is 240 g/mol. The summed E-state index contributed by atoms with van der Waals surface area (Å²) < 4.78 is 3.41. The normalized spacial score (nSPS) is 10.7. The molecule has 3 aromatic rings. The van der Waals surface area contributed by atoms with Crippen molar-refractivity contribution in [2.75, 3.05) is 5.73 Å². The van der Waals surface area contributed by atoms with E-state index in [9.17, 15) is 0 Å². The number of hydrogen-bond acceptors (Lipinski definition) is 4. The van der Waals surface area contributed by atoms with Gasteiger partial charge in [0.05, 0.1) is 12.4 Å². The van der Waals surface area contributed by atoms with Crippen LogP contribution in [0.3, 0.4) is 0 Å². The van der Waals surface area contributed by atoms with Gasteiger partial charge in [0.15, 0.2) is 5.82 Å². The minimum atomic E-state index is 0.752. The fourth-order valence-electron chi connectivity index (χ4n) is 1.76. The Hall–Kier alpha value is -2.63. The minimum Gasteiger partial charge on any atom is -0.399 e. The van der Waals surface area contributed by atoms with Crippen molar-refractivity contribution in [2.45, 2.75) is 0 Å². The third-order valence-electron chi connectivity index (χ3n) is 2.75. The summed E-state index contributed by atoms with van der Waals surface area (Å²) in [5.74, 6) is 0.816. The van der Waals surface area contributed by atoms with E-state index in [2.05, 4.69) is 15.4 Å². The van der Waals surface area contributed by atoms with Crippen LogP contribution >= 0.6 is 0 Å². The van der Waals surface area contributed by atoms with E-state index in [-0.39, 0.29) is 0 Å². The fourth-order valence-corrected chi connectivity index (χ4v) is 1.76. The molecule has 0 aliphatic carbocycles. The third-order valence-corrected chi connectivity index (χ3v) is 2.75. The molecule has 2 aromatic heterocycles. The van der Waals surface area contributed by atoms with Crippen molar-refractivity contribution in [3.63, 3.8) is 0 Å². The molecule has 0 spiro atoms. The predicted molar refractivity (Wildman–Crippen MR) is 68.0 cm³/mol. The first-order chi connectivity index (χ1) is 8.74. The number of hydrogen-bond donors (Lipinski definition) is 1. The quantitative estimate of drug-likeness (QED) is 0.684. The molecular weight excluding hydrogens is 228 g/mol. The molecule has 0 amide bonds. The Morgan fingerprint density at radius 3 is 2.50 bits per heavy atom. The van der Waals surface area contributed by atoms with Gasteiger partial charge in [-0.2, -0.15) is 5.10 Å². The predicted octanol–water partition coefficient (Wildman–Crippen LogP) is 1.25. The number of benzene rings is 1. The second-order valence-corrected chi connectivity index (χ2v) is 4.01. The topological polar surface area (TPSA) is 74.5 Å². The summed E-state index contributed by atoms with van der Waals surface area (Å²) in [6.45, 7) is 0. The van der Waals surface area contributed by atoms with Crippen LogP contribution in [0.4, 0.5) is 5.69 Å². The molecule has 0 saturated carbocycles. The van der Waals surface area contributed by atoms with Crippen LogP contribution in [0.15, 0.2) is 42.9 Å². The molecule has 18 heavy (non-hydrogen) atoms. The summed E-state index contributed by atoms with van der Waals surface area (Å²) in [7, 11) is 1.83. The number of aryl methyl sites for hydroxylation is 1. The van der Waals surface area contributed by atoms with Crippen LogP contribution in [-0.4, -0.2) is 24.8 Å². The van der Waals surface area contributed by atoms with Gasteiger partial charge in [-0.05, 0) is 17.7 Å². The molecule has 0 aliphatic rings. The van der Waals surface area contributed by atoms with E-state index in [4.69, 9.17) is 5.73 Å². The molecule has 0 unspecified atom stereocenters. The Kier molecular flexibility index (Phi) is 2.33. The highest BCUT2D eigenvalue weighted by atomic mass is 15.5. The standard InChI is InChI=1S/C12H12N6/c1-17-12(7-14-16-17)18-8-10(6-15-18)9-2-4-11(13)5-3-9/h2-8H,13H2,1H3. The summed E-state index contributed by atoms with van der Waals surface area (Å²) >= 11 is 0. The molecule has 6 heteroatoms. The summed E-state index contributed by atoms with van der Waals surface area (Å²) in [4.78, 5) is 0. The number of rotatable bonds is 2. The van der Waals surface area contributed by atoms with Gasteiger partial charge in [0.2, 0.25) is 0 Å². The van der Waals surface area contributed by atoms with Gasteiger partial charge in [0.25, 0.3) is 0 Å². The molecule has 0 atom stereocenters. The van der Waals surface area contributed by atoms with Crippen molar-refractivity contribution in [1.29, 1.82) is 0 Å². The van der Waals surface area contributed by atoms with Gasteiger partial charge in [0.1, 0.15) is 0 Å². The van der Waals surface area contributed by atoms with Crippen LogP contribution in [0.1, 0.15) is 0 Å². The van der Waals surface area contributed by atoms with Crippen molar-refractivity contribution in [3.05, 3.63) is 42.9 Å². The van der Waals surface area contributed by atoms with E-state index in [1.54, 1.807) is 21.8 Å². The number of nitrogens with zero attached hydrogens (tertiary/aromatic N) is 5. The van der Waals surface area contributed by atoms with Crippen molar-refractivity contribution in [1.82, 2.24) is 24.8 Å². The maximum absolute atomic E-state index is 5.67. The van der Waals surface area contributed by atoms with Gasteiger partial charge in [-0.1, -0.05) is 17.3 Å². The van der Waals surface area contributed by atoms with Crippen LogP contribution in [-0.2, 0) is 7.05 Å². The molecule has 0 saturated heterocycles. The van der Waals surface area contributed by atoms with Crippen molar-refractivity contribution < 1.29 is 0 Å². The Balaban J connectivity index is 1.99. The van der Waals surface area contributed by atoms with E-state index in [1.807, 2.05) is 37.5 Å². The molecule has 2 N–H and O–H groups in total. The second kappa shape index (κ2) is 3.99. The molecule has 0 fully saturated rings. The van der Waals surface area contributed by atoms with Crippen LogP contribution < -0.4 is 5.73 Å². The highest BCUT2D eigenvalue weighted by Gasteiger charge is 2.06. The Morgan fingerprint density at radius 2 is 1.83 bits per heavy atom. The lowest BCUT2D eigenvalue weighted by Gasteiger charge is -1.99. The van der Waals surface area contributed by atoms with E-state index in [1.165, 1.54) is 0 Å². The first kappa shape index (κ1) is 10.5. The van der Waals surface area contributed by atoms with E-state index < -0.39 is 0 Å². The Morgan fingerprint density at radius 1 is 1.06 bits per heavy atom.